The molecule has 0 aromatic carbocycles. The highest BCUT2D eigenvalue weighted by Crippen LogP contribution is 1.95. The molecule has 0 aliphatic carbocycles. The predicted octanol–water partition coefficient (Wildman–Crippen LogP) is 2.15. The minimum Gasteiger partial charge on any atom is -0.245 e. The van der Waals surface area contributed by atoms with E-state index in [1.54, 1.807) is 0 Å². The highest BCUT2D eigenvalue weighted by molar-refractivity contribution is 5.28. The highest BCUT2D eigenvalue weighted by Gasteiger charge is 1.86. The number of aromatic nitrogens is 1. The van der Waals surface area contributed by atoms with Crippen molar-refractivity contribution in [2.45, 2.75) is 20.3 Å². The van der Waals surface area contributed by atoms with Crippen molar-refractivity contribution in [3.63, 3.8) is 0 Å². The molecule has 1 heteroatoms. The van der Waals surface area contributed by atoms with Crippen molar-refractivity contribution < 1.29 is 0 Å². The fourth-order valence-corrected chi connectivity index (χ4v) is 0.792. The van der Waals surface area contributed by atoms with Crippen molar-refractivity contribution in [3.05, 3.63) is 29.6 Å². The summed E-state index contributed by atoms with van der Waals surface area (Å²) in [5.74, 6) is 5.95. The Morgan fingerprint density at radius 3 is 2.91 bits per heavy atom. The van der Waals surface area contributed by atoms with Crippen molar-refractivity contribution in [3.8, 4) is 11.8 Å². The van der Waals surface area contributed by atoms with Crippen molar-refractivity contribution in [1.82, 2.24) is 4.98 Å². The van der Waals surface area contributed by atoms with Crippen LogP contribution in [0.5, 0.6) is 0 Å². The first-order chi connectivity index (χ1) is 5.33. The molecule has 0 radical (unpaired) electrons. The Bertz CT molecular complexity index is 291. The molecule has 1 heterocycles. The van der Waals surface area contributed by atoms with Crippen LogP contribution in [0.2, 0.25) is 0 Å². The lowest BCUT2D eigenvalue weighted by molar-refractivity contribution is 1.17. The molecule has 11 heavy (non-hydrogen) atoms. The molecule has 0 bridgehead atoms. The summed E-state index contributed by atoms with van der Waals surface area (Å²) in [5.41, 5.74) is 1.89. The molecule has 0 unspecified atom stereocenters. The second kappa shape index (κ2) is 3.78. The van der Waals surface area contributed by atoms with Crippen molar-refractivity contribution in [1.29, 1.82) is 0 Å². The number of nitrogens with zero attached hydrogens (tertiary/aromatic N) is 1. The van der Waals surface area contributed by atoms with Gasteiger partial charge >= 0.3 is 0 Å². The normalized spacial score (nSPS) is 8.55. The number of aryl methyl sites for hydroxylation is 1. The van der Waals surface area contributed by atoms with E-state index in [0.717, 1.165) is 17.8 Å². The Labute approximate surface area is 67.5 Å². The van der Waals surface area contributed by atoms with Crippen LogP contribution in [0.4, 0.5) is 0 Å². The fourth-order valence-electron chi connectivity index (χ4n) is 0.792. The Hall–Kier alpha value is -1.29. The SMILES string of the molecule is CCC#Cc1cccc(C)n1. The molecule has 1 rings (SSSR count). The van der Waals surface area contributed by atoms with Crippen LogP contribution in [0.25, 0.3) is 0 Å². The third kappa shape index (κ3) is 2.43. The van der Waals surface area contributed by atoms with Crippen molar-refractivity contribution >= 4 is 0 Å². The predicted molar refractivity (Wildman–Crippen MR) is 46.1 cm³/mol. The van der Waals surface area contributed by atoms with Gasteiger partial charge in [-0.25, -0.2) is 4.98 Å². The molecule has 0 fully saturated rings. The van der Waals surface area contributed by atoms with Crippen LogP contribution in [-0.4, -0.2) is 4.98 Å². The van der Waals surface area contributed by atoms with E-state index in [9.17, 15) is 0 Å². The largest absolute Gasteiger partial charge is 0.245 e. The van der Waals surface area contributed by atoms with E-state index in [1.807, 2.05) is 32.0 Å². The summed E-state index contributed by atoms with van der Waals surface area (Å²) in [7, 11) is 0. The van der Waals surface area contributed by atoms with Crippen molar-refractivity contribution in [2.24, 2.45) is 0 Å². The lowest BCUT2D eigenvalue weighted by Gasteiger charge is -1.90. The first kappa shape index (κ1) is 7.81. The lowest BCUT2D eigenvalue weighted by atomic mass is 10.3. The summed E-state index contributed by atoms with van der Waals surface area (Å²) in [6.45, 7) is 4.00. The molecule has 0 saturated carbocycles. The molecule has 1 nitrogen and oxygen atoms in total. The maximum Gasteiger partial charge on any atom is 0.113 e. The first-order valence-corrected chi connectivity index (χ1v) is 3.75. The molecule has 0 spiro atoms. The van der Waals surface area contributed by atoms with Gasteiger partial charge in [0.05, 0.1) is 0 Å². The summed E-state index contributed by atoms with van der Waals surface area (Å²) >= 11 is 0. The third-order valence-electron chi connectivity index (χ3n) is 1.28. The second-order valence-corrected chi connectivity index (χ2v) is 2.32. The Balaban J connectivity index is 2.87. The van der Waals surface area contributed by atoms with Gasteiger partial charge in [0.1, 0.15) is 5.69 Å². The monoisotopic (exact) mass is 145 g/mol. The summed E-state index contributed by atoms with van der Waals surface area (Å²) in [5, 5.41) is 0. The zero-order valence-corrected chi connectivity index (χ0v) is 6.89. The zero-order valence-electron chi connectivity index (χ0n) is 6.89. The van der Waals surface area contributed by atoms with E-state index < -0.39 is 0 Å². The summed E-state index contributed by atoms with van der Waals surface area (Å²) < 4.78 is 0. The number of pyridine rings is 1. The van der Waals surface area contributed by atoms with E-state index >= 15 is 0 Å². The van der Waals surface area contributed by atoms with Gasteiger partial charge in [0.2, 0.25) is 0 Å². The maximum absolute atomic E-state index is 4.24. The van der Waals surface area contributed by atoms with Gasteiger partial charge < -0.3 is 0 Å². The van der Waals surface area contributed by atoms with Crippen LogP contribution in [-0.2, 0) is 0 Å². The smallest absolute Gasteiger partial charge is 0.113 e. The number of hydrogen-bond acceptors (Lipinski definition) is 1. The van der Waals surface area contributed by atoms with E-state index in [-0.39, 0.29) is 0 Å². The topological polar surface area (TPSA) is 12.9 Å². The van der Waals surface area contributed by atoms with Gasteiger partial charge in [-0.3, -0.25) is 0 Å². The van der Waals surface area contributed by atoms with Gasteiger partial charge in [0.25, 0.3) is 0 Å². The second-order valence-electron chi connectivity index (χ2n) is 2.32. The molecule has 1 aromatic heterocycles. The van der Waals surface area contributed by atoms with Crippen LogP contribution < -0.4 is 0 Å². The molecular formula is C10H11N. The molecule has 0 saturated heterocycles. The molecule has 0 atom stereocenters. The average Bonchev–Trinajstić information content (AvgIpc) is 2.01. The van der Waals surface area contributed by atoms with Crippen LogP contribution in [0.1, 0.15) is 24.7 Å². The van der Waals surface area contributed by atoms with Crippen LogP contribution >= 0.6 is 0 Å². The molecule has 0 N–H and O–H groups in total. The molecular weight excluding hydrogens is 134 g/mol. The lowest BCUT2D eigenvalue weighted by Crippen LogP contribution is -1.83. The minimum absolute atomic E-state index is 0.867. The van der Waals surface area contributed by atoms with Gasteiger partial charge in [0.15, 0.2) is 0 Å². The first-order valence-electron chi connectivity index (χ1n) is 3.75. The van der Waals surface area contributed by atoms with Crippen LogP contribution in [0.15, 0.2) is 18.2 Å². The van der Waals surface area contributed by atoms with E-state index in [2.05, 4.69) is 16.8 Å². The van der Waals surface area contributed by atoms with Crippen LogP contribution in [0.3, 0.4) is 0 Å². The van der Waals surface area contributed by atoms with Gasteiger partial charge in [-0.2, -0.15) is 0 Å². The Kier molecular flexibility index (Phi) is 2.68. The summed E-state index contributed by atoms with van der Waals surface area (Å²) in [4.78, 5) is 4.24. The summed E-state index contributed by atoms with van der Waals surface area (Å²) in [6, 6.07) is 5.87. The van der Waals surface area contributed by atoms with Crippen molar-refractivity contribution in [2.75, 3.05) is 0 Å². The van der Waals surface area contributed by atoms with Crippen LogP contribution in [0, 0.1) is 18.8 Å². The Morgan fingerprint density at radius 1 is 1.45 bits per heavy atom. The summed E-state index contributed by atoms with van der Waals surface area (Å²) in [6.07, 6.45) is 0.885. The Morgan fingerprint density at radius 2 is 2.27 bits per heavy atom. The van der Waals surface area contributed by atoms with Gasteiger partial charge in [-0.1, -0.05) is 18.9 Å². The van der Waals surface area contributed by atoms with Gasteiger partial charge in [-0.15, -0.1) is 0 Å². The van der Waals surface area contributed by atoms with E-state index in [4.69, 9.17) is 0 Å². The maximum atomic E-state index is 4.24. The quantitative estimate of drug-likeness (QED) is 0.510. The zero-order chi connectivity index (χ0) is 8.10. The average molecular weight is 145 g/mol. The number of hydrogen-bond donors (Lipinski definition) is 0. The van der Waals surface area contributed by atoms with Gasteiger partial charge in [0, 0.05) is 12.1 Å². The molecule has 0 aliphatic rings. The molecule has 56 valence electrons. The standard InChI is InChI=1S/C10H11N/c1-3-4-7-10-8-5-6-9(2)11-10/h5-6,8H,3H2,1-2H3. The molecule has 1 aromatic rings. The fraction of sp³-hybridized carbons (Fsp3) is 0.300. The van der Waals surface area contributed by atoms with Gasteiger partial charge in [-0.05, 0) is 25.0 Å². The van der Waals surface area contributed by atoms with E-state index in [1.165, 1.54) is 0 Å². The third-order valence-corrected chi connectivity index (χ3v) is 1.28. The minimum atomic E-state index is 0.867. The molecule has 0 amide bonds. The molecule has 0 aliphatic heterocycles. The number of rotatable bonds is 0. The highest BCUT2D eigenvalue weighted by atomic mass is 14.7. The van der Waals surface area contributed by atoms with E-state index in [0.29, 0.717) is 0 Å².